The smallest absolute Gasteiger partial charge is 0.240 e. The summed E-state index contributed by atoms with van der Waals surface area (Å²) < 4.78 is 0.710. The summed E-state index contributed by atoms with van der Waals surface area (Å²) in [6.07, 6.45) is 0.367. The number of hydrogen-bond donors (Lipinski definition) is 2. The second kappa shape index (κ2) is 5.60. The molecule has 0 spiro atoms. The molecule has 0 saturated heterocycles. The van der Waals surface area contributed by atoms with Crippen LogP contribution in [0.3, 0.4) is 0 Å². The van der Waals surface area contributed by atoms with Crippen LogP contribution in [0.2, 0.25) is 0 Å². The van der Waals surface area contributed by atoms with Crippen molar-refractivity contribution in [2.75, 3.05) is 11.0 Å². The van der Waals surface area contributed by atoms with Crippen molar-refractivity contribution in [3.8, 4) is 0 Å². The molecule has 4 nitrogen and oxygen atoms in total. The summed E-state index contributed by atoms with van der Waals surface area (Å²) in [5.74, 6) is -0.681. The van der Waals surface area contributed by atoms with Gasteiger partial charge in [-0.25, -0.2) is 0 Å². The van der Waals surface area contributed by atoms with Gasteiger partial charge >= 0.3 is 0 Å². The van der Waals surface area contributed by atoms with E-state index in [-0.39, 0.29) is 12.5 Å². The maximum absolute atomic E-state index is 10.6. The molecule has 3 N–H and O–H groups in total. The van der Waals surface area contributed by atoms with Crippen LogP contribution in [0.25, 0.3) is 0 Å². The molecule has 0 bridgehead atoms. The lowest BCUT2D eigenvalue weighted by Crippen LogP contribution is -2.35. The molecule has 0 rings (SSSR count). The summed E-state index contributed by atoms with van der Waals surface area (Å²) in [7, 11) is 0. The summed E-state index contributed by atoms with van der Waals surface area (Å²) in [6.45, 7) is -0.132. The fraction of sp³-hybridized carbons (Fsp3) is 0.600. The third-order valence-corrected chi connectivity index (χ3v) is 1.33. The average Bonchev–Trinajstić information content (AvgIpc) is 1.88. The van der Waals surface area contributed by atoms with E-state index < -0.39 is 5.91 Å². The Morgan fingerprint density at radius 1 is 1.40 bits per heavy atom. The van der Waals surface area contributed by atoms with Crippen molar-refractivity contribution in [2.24, 2.45) is 5.73 Å². The molecule has 10 heavy (non-hydrogen) atoms. The molecule has 0 radical (unpaired) electrons. The highest BCUT2D eigenvalue weighted by Gasteiger charge is 2.03. The summed E-state index contributed by atoms with van der Waals surface area (Å²) in [4.78, 5) is 21.1. The number of hydrogen-bond acceptors (Lipinski definition) is 3. The van der Waals surface area contributed by atoms with Gasteiger partial charge in [0.25, 0.3) is 0 Å². The number of carbonyl (C=O) groups excluding carboxylic acids is 2. The molecule has 0 heterocycles. The molecule has 0 atom stereocenters. The SMILES string of the molecule is NCC(=O)NC(=O)CCI. The minimum absolute atomic E-state index is 0.132. The van der Waals surface area contributed by atoms with Gasteiger partial charge in [0.2, 0.25) is 11.8 Å². The molecule has 0 fully saturated rings. The molecule has 0 aliphatic heterocycles. The zero-order chi connectivity index (χ0) is 7.98. The van der Waals surface area contributed by atoms with Crippen molar-refractivity contribution in [2.45, 2.75) is 6.42 Å². The van der Waals surface area contributed by atoms with Crippen molar-refractivity contribution in [3.05, 3.63) is 0 Å². The zero-order valence-corrected chi connectivity index (χ0v) is 7.55. The van der Waals surface area contributed by atoms with Crippen molar-refractivity contribution in [3.63, 3.8) is 0 Å². The second-order valence-corrected chi connectivity index (χ2v) is 2.69. The van der Waals surface area contributed by atoms with E-state index >= 15 is 0 Å². The maximum Gasteiger partial charge on any atom is 0.240 e. The molecule has 0 saturated carbocycles. The number of rotatable bonds is 3. The number of carbonyl (C=O) groups is 2. The zero-order valence-electron chi connectivity index (χ0n) is 5.39. The third-order valence-electron chi connectivity index (χ3n) is 0.786. The summed E-state index contributed by atoms with van der Waals surface area (Å²) >= 11 is 2.06. The Morgan fingerprint density at radius 2 is 2.00 bits per heavy atom. The van der Waals surface area contributed by atoms with Crippen molar-refractivity contribution in [1.82, 2.24) is 5.32 Å². The van der Waals surface area contributed by atoms with Gasteiger partial charge in [0.1, 0.15) is 0 Å². The molecular weight excluding hydrogens is 247 g/mol. The maximum atomic E-state index is 10.6. The van der Waals surface area contributed by atoms with E-state index in [9.17, 15) is 9.59 Å². The van der Waals surface area contributed by atoms with E-state index in [0.29, 0.717) is 10.8 Å². The molecule has 0 aromatic rings. The van der Waals surface area contributed by atoms with Crippen molar-refractivity contribution >= 4 is 34.4 Å². The fourth-order valence-corrected chi connectivity index (χ4v) is 0.845. The largest absolute Gasteiger partial charge is 0.322 e. The topological polar surface area (TPSA) is 72.2 Å². The first-order chi connectivity index (χ1) is 4.70. The Morgan fingerprint density at radius 3 is 2.40 bits per heavy atom. The lowest BCUT2D eigenvalue weighted by Gasteiger charge is -1.97. The Kier molecular flexibility index (Phi) is 5.51. The van der Waals surface area contributed by atoms with Gasteiger partial charge < -0.3 is 5.73 Å². The Labute approximate surface area is 72.7 Å². The van der Waals surface area contributed by atoms with E-state index in [0.717, 1.165) is 0 Å². The predicted molar refractivity (Wildman–Crippen MR) is 45.7 cm³/mol. The number of alkyl halides is 1. The van der Waals surface area contributed by atoms with Gasteiger partial charge in [-0.05, 0) is 0 Å². The van der Waals surface area contributed by atoms with Crippen LogP contribution in [-0.2, 0) is 9.59 Å². The summed E-state index contributed by atoms with van der Waals surface area (Å²) in [5, 5.41) is 2.12. The summed E-state index contributed by atoms with van der Waals surface area (Å²) in [5.41, 5.74) is 4.95. The quantitative estimate of drug-likeness (QED) is 0.523. The van der Waals surface area contributed by atoms with Crippen molar-refractivity contribution < 1.29 is 9.59 Å². The highest BCUT2D eigenvalue weighted by molar-refractivity contribution is 14.1. The van der Waals surface area contributed by atoms with Crippen LogP contribution in [0, 0.1) is 0 Å². The van der Waals surface area contributed by atoms with Gasteiger partial charge in [0, 0.05) is 10.8 Å². The number of nitrogens with two attached hydrogens (primary N) is 1. The Balaban J connectivity index is 3.47. The van der Waals surface area contributed by atoms with E-state index in [2.05, 4.69) is 27.9 Å². The van der Waals surface area contributed by atoms with E-state index in [1.165, 1.54) is 0 Å². The minimum atomic E-state index is -0.421. The highest BCUT2D eigenvalue weighted by Crippen LogP contribution is 1.86. The lowest BCUT2D eigenvalue weighted by atomic mass is 10.4. The predicted octanol–water partition coefficient (Wildman–Crippen LogP) is -0.587. The molecule has 0 unspecified atom stereocenters. The number of imide groups is 1. The fourth-order valence-electron chi connectivity index (χ4n) is 0.355. The van der Waals surface area contributed by atoms with E-state index in [4.69, 9.17) is 5.73 Å². The van der Waals surface area contributed by atoms with Gasteiger partial charge in [-0.2, -0.15) is 0 Å². The van der Waals surface area contributed by atoms with Gasteiger partial charge in [0.05, 0.1) is 6.54 Å². The van der Waals surface area contributed by atoms with E-state index in [1.807, 2.05) is 0 Å². The molecule has 0 aliphatic rings. The average molecular weight is 256 g/mol. The van der Waals surface area contributed by atoms with Crippen molar-refractivity contribution in [1.29, 1.82) is 0 Å². The Hall–Kier alpha value is -0.170. The number of amides is 2. The molecule has 0 aromatic carbocycles. The Bertz CT molecular complexity index is 138. The number of nitrogens with one attached hydrogen (secondary N) is 1. The molecule has 0 aromatic heterocycles. The standard InChI is InChI=1S/C5H9IN2O2/c6-2-1-4(9)8-5(10)3-7/h1-3,7H2,(H,8,9,10). The first-order valence-corrected chi connectivity index (χ1v) is 4.32. The third kappa shape index (κ3) is 4.68. The number of halogens is 1. The van der Waals surface area contributed by atoms with E-state index in [1.54, 1.807) is 0 Å². The molecule has 5 heteroatoms. The van der Waals surface area contributed by atoms with Gasteiger partial charge in [-0.15, -0.1) is 0 Å². The van der Waals surface area contributed by atoms with Crippen LogP contribution >= 0.6 is 22.6 Å². The first-order valence-electron chi connectivity index (χ1n) is 2.79. The lowest BCUT2D eigenvalue weighted by molar-refractivity contribution is -0.129. The molecule has 58 valence electrons. The molecular formula is C5H9IN2O2. The van der Waals surface area contributed by atoms with Gasteiger partial charge in [-0.3, -0.25) is 14.9 Å². The van der Waals surface area contributed by atoms with Crippen LogP contribution in [-0.4, -0.2) is 22.8 Å². The van der Waals surface area contributed by atoms with Crippen LogP contribution < -0.4 is 11.1 Å². The van der Waals surface area contributed by atoms with Gasteiger partial charge in [0.15, 0.2) is 0 Å². The van der Waals surface area contributed by atoms with Crippen LogP contribution in [0.5, 0.6) is 0 Å². The highest BCUT2D eigenvalue weighted by atomic mass is 127. The van der Waals surface area contributed by atoms with Crippen LogP contribution in [0.15, 0.2) is 0 Å². The normalized spacial score (nSPS) is 9.00. The first kappa shape index (κ1) is 9.83. The van der Waals surface area contributed by atoms with Crippen LogP contribution in [0.1, 0.15) is 6.42 Å². The molecule has 0 aliphatic carbocycles. The minimum Gasteiger partial charge on any atom is -0.322 e. The molecule has 2 amide bonds. The van der Waals surface area contributed by atoms with Crippen LogP contribution in [0.4, 0.5) is 0 Å². The monoisotopic (exact) mass is 256 g/mol. The van der Waals surface area contributed by atoms with Gasteiger partial charge in [-0.1, -0.05) is 22.6 Å². The summed E-state index contributed by atoms with van der Waals surface area (Å²) in [6, 6.07) is 0. The second-order valence-electron chi connectivity index (χ2n) is 1.61.